The van der Waals surface area contributed by atoms with Crippen LogP contribution in [-0.4, -0.2) is 31.7 Å². The van der Waals surface area contributed by atoms with Crippen LogP contribution >= 0.6 is 11.6 Å². The predicted molar refractivity (Wildman–Crippen MR) is 107 cm³/mol. The topological polar surface area (TPSA) is 66.5 Å². The molecule has 0 bridgehead atoms. The maximum atomic E-state index is 12.7. The Bertz CT molecular complexity index is 934. The number of carbonyl (C=O) groups excluding carboxylic acids is 1. The largest absolute Gasteiger partial charge is 0.326 e. The lowest BCUT2D eigenvalue weighted by Crippen LogP contribution is -2.41. The highest BCUT2D eigenvalue weighted by Gasteiger charge is 2.32. The first-order valence-corrected chi connectivity index (χ1v) is 10.7. The monoisotopic (exact) mass is 406 g/mol. The summed E-state index contributed by atoms with van der Waals surface area (Å²) < 4.78 is 26.9. The van der Waals surface area contributed by atoms with E-state index in [1.54, 1.807) is 12.1 Å². The average Bonchev–Trinajstić information content (AvgIpc) is 2.64. The summed E-state index contributed by atoms with van der Waals surface area (Å²) in [6.45, 7) is 4.63. The van der Waals surface area contributed by atoms with Gasteiger partial charge in [-0.2, -0.15) is 4.31 Å². The van der Waals surface area contributed by atoms with Crippen molar-refractivity contribution >= 4 is 33.2 Å². The number of piperidine rings is 1. The number of aryl methyl sites for hydroxylation is 2. The first-order chi connectivity index (χ1) is 12.8. The lowest BCUT2D eigenvalue weighted by atomic mass is 9.97. The van der Waals surface area contributed by atoms with E-state index in [1.807, 2.05) is 32.0 Å². The van der Waals surface area contributed by atoms with Crippen molar-refractivity contribution < 1.29 is 13.2 Å². The number of benzene rings is 2. The number of carbonyl (C=O) groups is 1. The molecule has 27 heavy (non-hydrogen) atoms. The highest BCUT2D eigenvalue weighted by atomic mass is 35.5. The van der Waals surface area contributed by atoms with Gasteiger partial charge < -0.3 is 5.32 Å². The van der Waals surface area contributed by atoms with E-state index in [4.69, 9.17) is 11.6 Å². The zero-order chi connectivity index (χ0) is 19.6. The van der Waals surface area contributed by atoms with Gasteiger partial charge in [-0.25, -0.2) is 8.42 Å². The molecule has 0 aromatic heterocycles. The number of sulfonamides is 1. The fourth-order valence-electron chi connectivity index (χ4n) is 3.30. The molecule has 2 aromatic carbocycles. The highest BCUT2D eigenvalue weighted by molar-refractivity contribution is 7.89. The molecule has 1 heterocycles. The molecule has 3 rings (SSSR count). The molecular weight excluding hydrogens is 384 g/mol. The maximum Gasteiger partial charge on any atom is 0.243 e. The normalized spacial score (nSPS) is 16.3. The number of hydrogen-bond donors (Lipinski definition) is 1. The summed E-state index contributed by atoms with van der Waals surface area (Å²) >= 11 is 5.83. The minimum absolute atomic E-state index is 0.0505. The van der Waals surface area contributed by atoms with Crippen molar-refractivity contribution in [2.45, 2.75) is 31.6 Å². The Labute approximate surface area is 165 Å². The van der Waals surface area contributed by atoms with Gasteiger partial charge in [0.05, 0.1) is 4.90 Å². The standard InChI is InChI=1S/C20H23ClN2O3S/c1-14-3-8-19(15(2)13-14)22-20(24)16-9-11-23(12-10-16)27(25,26)18-6-4-17(21)5-7-18/h3-8,13,16H,9-12H2,1-2H3,(H,22,24). The maximum absolute atomic E-state index is 12.7. The summed E-state index contributed by atoms with van der Waals surface area (Å²) in [5.74, 6) is -0.243. The molecule has 2 aromatic rings. The Morgan fingerprint density at radius 3 is 2.30 bits per heavy atom. The quantitative estimate of drug-likeness (QED) is 0.834. The van der Waals surface area contributed by atoms with Crippen LogP contribution in [-0.2, 0) is 14.8 Å². The molecule has 1 N–H and O–H groups in total. The number of nitrogens with one attached hydrogen (secondary N) is 1. The van der Waals surface area contributed by atoms with Crippen LogP contribution in [0.1, 0.15) is 24.0 Å². The Balaban J connectivity index is 1.62. The van der Waals surface area contributed by atoms with E-state index in [1.165, 1.54) is 16.4 Å². The number of rotatable bonds is 4. The van der Waals surface area contributed by atoms with E-state index in [-0.39, 0.29) is 16.7 Å². The zero-order valence-corrected chi connectivity index (χ0v) is 17.0. The SMILES string of the molecule is Cc1ccc(NC(=O)C2CCN(S(=O)(=O)c3ccc(Cl)cc3)CC2)c(C)c1. The predicted octanol–water partition coefficient (Wildman–Crippen LogP) is 4.00. The van der Waals surface area contributed by atoms with Gasteiger partial charge in [0, 0.05) is 29.7 Å². The van der Waals surface area contributed by atoms with Crippen LogP contribution in [0.25, 0.3) is 0 Å². The Morgan fingerprint density at radius 1 is 1.07 bits per heavy atom. The number of nitrogens with zero attached hydrogens (tertiary/aromatic N) is 1. The van der Waals surface area contributed by atoms with E-state index in [9.17, 15) is 13.2 Å². The minimum atomic E-state index is -3.56. The molecule has 1 aliphatic rings. The highest BCUT2D eigenvalue weighted by Crippen LogP contribution is 2.26. The molecule has 1 saturated heterocycles. The van der Waals surface area contributed by atoms with E-state index in [2.05, 4.69) is 5.32 Å². The van der Waals surface area contributed by atoms with Crippen LogP contribution in [0.15, 0.2) is 47.4 Å². The van der Waals surface area contributed by atoms with Gasteiger partial charge in [-0.3, -0.25) is 4.79 Å². The van der Waals surface area contributed by atoms with Gasteiger partial charge in [0.2, 0.25) is 15.9 Å². The average molecular weight is 407 g/mol. The van der Waals surface area contributed by atoms with Crippen molar-refractivity contribution in [3.63, 3.8) is 0 Å². The summed E-state index contributed by atoms with van der Waals surface area (Å²) in [5, 5.41) is 3.47. The number of hydrogen-bond acceptors (Lipinski definition) is 3. The summed E-state index contributed by atoms with van der Waals surface area (Å²) in [4.78, 5) is 12.8. The first-order valence-electron chi connectivity index (χ1n) is 8.91. The van der Waals surface area contributed by atoms with E-state index < -0.39 is 10.0 Å². The molecule has 0 unspecified atom stereocenters. The smallest absolute Gasteiger partial charge is 0.243 e. The van der Waals surface area contributed by atoms with Crippen molar-refractivity contribution in [1.82, 2.24) is 4.31 Å². The van der Waals surface area contributed by atoms with Crippen molar-refractivity contribution in [2.75, 3.05) is 18.4 Å². The second-order valence-corrected chi connectivity index (χ2v) is 9.31. The van der Waals surface area contributed by atoms with Gasteiger partial charge in [-0.15, -0.1) is 0 Å². The fourth-order valence-corrected chi connectivity index (χ4v) is 4.90. The molecule has 0 saturated carbocycles. The molecule has 1 aliphatic heterocycles. The molecule has 0 radical (unpaired) electrons. The number of halogens is 1. The van der Waals surface area contributed by atoms with Crippen molar-refractivity contribution in [3.05, 3.63) is 58.6 Å². The van der Waals surface area contributed by atoms with Crippen molar-refractivity contribution in [3.8, 4) is 0 Å². The summed E-state index contributed by atoms with van der Waals surface area (Å²) in [6, 6.07) is 12.0. The molecular formula is C20H23ClN2O3S. The molecule has 0 aliphatic carbocycles. The lowest BCUT2D eigenvalue weighted by molar-refractivity contribution is -0.120. The van der Waals surface area contributed by atoms with Gasteiger partial charge in [-0.05, 0) is 62.6 Å². The third-order valence-electron chi connectivity index (χ3n) is 4.92. The van der Waals surface area contributed by atoms with Crippen LogP contribution in [0.5, 0.6) is 0 Å². The number of amides is 1. The molecule has 7 heteroatoms. The Kier molecular flexibility index (Phi) is 5.89. The van der Waals surface area contributed by atoms with Gasteiger partial charge in [0.25, 0.3) is 0 Å². The van der Waals surface area contributed by atoms with Crippen molar-refractivity contribution in [2.24, 2.45) is 5.92 Å². The summed E-state index contributed by atoms with van der Waals surface area (Å²) in [5.41, 5.74) is 2.97. The second-order valence-electron chi connectivity index (χ2n) is 6.94. The van der Waals surface area contributed by atoms with Crippen LogP contribution in [0, 0.1) is 19.8 Å². The van der Waals surface area contributed by atoms with Gasteiger partial charge >= 0.3 is 0 Å². The molecule has 0 atom stereocenters. The zero-order valence-electron chi connectivity index (χ0n) is 15.4. The fraction of sp³-hybridized carbons (Fsp3) is 0.350. The molecule has 144 valence electrons. The minimum Gasteiger partial charge on any atom is -0.326 e. The van der Waals surface area contributed by atoms with Crippen LogP contribution in [0.2, 0.25) is 5.02 Å². The lowest BCUT2D eigenvalue weighted by Gasteiger charge is -2.30. The second kappa shape index (κ2) is 8.00. The van der Waals surface area contributed by atoms with E-state index >= 15 is 0 Å². The van der Waals surface area contributed by atoms with Crippen LogP contribution < -0.4 is 5.32 Å². The van der Waals surface area contributed by atoms with E-state index in [0.29, 0.717) is 31.0 Å². The van der Waals surface area contributed by atoms with Crippen molar-refractivity contribution in [1.29, 1.82) is 0 Å². The third kappa shape index (κ3) is 4.51. The van der Waals surface area contributed by atoms with Gasteiger partial charge in [0.1, 0.15) is 0 Å². The molecule has 0 spiro atoms. The third-order valence-corrected chi connectivity index (χ3v) is 7.08. The molecule has 1 amide bonds. The van der Waals surface area contributed by atoms with Gasteiger partial charge in [-0.1, -0.05) is 29.3 Å². The Hall–Kier alpha value is -1.89. The molecule has 1 fully saturated rings. The summed E-state index contributed by atoms with van der Waals surface area (Å²) in [7, 11) is -3.56. The van der Waals surface area contributed by atoms with Gasteiger partial charge in [0.15, 0.2) is 0 Å². The van der Waals surface area contributed by atoms with Crippen LogP contribution in [0.4, 0.5) is 5.69 Å². The number of anilines is 1. The van der Waals surface area contributed by atoms with Crippen LogP contribution in [0.3, 0.4) is 0 Å². The van der Waals surface area contributed by atoms with E-state index in [0.717, 1.165) is 16.8 Å². The summed E-state index contributed by atoms with van der Waals surface area (Å²) in [6.07, 6.45) is 1.01. The Morgan fingerprint density at radius 2 is 1.70 bits per heavy atom. The first kappa shape index (κ1) is 19.9. The molecule has 5 nitrogen and oxygen atoms in total.